The summed E-state index contributed by atoms with van der Waals surface area (Å²) >= 11 is 15.5. The Kier molecular flexibility index (Phi) is 8.75. The van der Waals surface area contributed by atoms with Gasteiger partial charge in [0.1, 0.15) is 32.4 Å². The van der Waals surface area contributed by atoms with Crippen LogP contribution in [0.1, 0.15) is 0 Å². The summed E-state index contributed by atoms with van der Waals surface area (Å²) in [7, 11) is 0. The second kappa shape index (κ2) is 11.8. The highest BCUT2D eigenvalue weighted by Crippen LogP contribution is 2.40. The Labute approximate surface area is 232 Å². The van der Waals surface area contributed by atoms with Gasteiger partial charge in [-0.05, 0) is 17.7 Å². The van der Waals surface area contributed by atoms with Crippen LogP contribution in [0.15, 0.2) is 56.3 Å². The molecule has 0 bridgehead atoms. The summed E-state index contributed by atoms with van der Waals surface area (Å²) in [5, 5.41) is 12.8. The van der Waals surface area contributed by atoms with E-state index in [2.05, 4.69) is 20.3 Å². The average molecular weight is 602 g/mol. The van der Waals surface area contributed by atoms with E-state index in [1.165, 1.54) is 46.3 Å². The highest BCUT2D eigenvalue weighted by atomic mass is 35.5. The van der Waals surface area contributed by atoms with Gasteiger partial charge >= 0.3 is 5.97 Å². The van der Waals surface area contributed by atoms with Crippen molar-refractivity contribution in [2.75, 3.05) is 23.0 Å². The maximum absolute atomic E-state index is 12.8. The number of pyridine rings is 1. The van der Waals surface area contributed by atoms with Crippen LogP contribution in [-0.4, -0.2) is 71.4 Å². The summed E-state index contributed by atoms with van der Waals surface area (Å²) in [6.07, 6.45) is 3.36. The number of nitrogens with one attached hydrogen (secondary N) is 2. The van der Waals surface area contributed by atoms with Crippen LogP contribution >= 0.6 is 58.5 Å². The molecule has 37 heavy (non-hydrogen) atoms. The lowest BCUT2D eigenvalue weighted by Gasteiger charge is -2.49. The molecular formula is C21H18Cl2N6O5S3. The maximum atomic E-state index is 12.8. The van der Waals surface area contributed by atoms with Crippen molar-refractivity contribution in [1.82, 2.24) is 25.2 Å². The molecule has 2 atom stereocenters. The molecule has 2 aliphatic rings. The minimum Gasteiger partial charge on any atom is -0.477 e. The van der Waals surface area contributed by atoms with E-state index in [-0.39, 0.29) is 39.2 Å². The number of allylic oxidation sites excluding steroid dienone is 1. The van der Waals surface area contributed by atoms with Gasteiger partial charge in [0, 0.05) is 22.5 Å². The highest BCUT2D eigenvalue weighted by Gasteiger charge is 2.53. The fraction of sp³-hybridized carbons (Fsp3) is 0.238. The van der Waals surface area contributed by atoms with Gasteiger partial charge in [0.2, 0.25) is 11.9 Å². The van der Waals surface area contributed by atoms with Crippen LogP contribution in [-0.2, 0) is 14.4 Å². The molecule has 2 aromatic rings. The zero-order valence-electron chi connectivity index (χ0n) is 18.6. The van der Waals surface area contributed by atoms with Gasteiger partial charge in [-0.1, -0.05) is 35.4 Å². The lowest BCUT2D eigenvalue weighted by Crippen LogP contribution is -2.70. The standard InChI is InChI=1S/C21H18Cl2N6O5S3/c22-11-4-10(5-12(23)25-11)36-8-14(31)26-16-18(32)29-17(20(33)34)9(7-37-19(16)29)2-1-3-35-15-6-13(30)27-21(24)28-15/h1-2,4-6,16,19H,3,7-8H2,(H,26,31)(H,33,34)(H3,24,27,28,30)/t16-,19-/m1/s1. The van der Waals surface area contributed by atoms with E-state index in [0.717, 1.165) is 0 Å². The van der Waals surface area contributed by atoms with Crippen LogP contribution in [0.3, 0.4) is 0 Å². The van der Waals surface area contributed by atoms with Gasteiger partial charge in [0.15, 0.2) is 0 Å². The molecule has 2 amide bonds. The summed E-state index contributed by atoms with van der Waals surface area (Å²) in [5.74, 6) is -1.36. The molecule has 2 aliphatic heterocycles. The lowest BCUT2D eigenvalue weighted by molar-refractivity contribution is -0.150. The number of β-lactam (4-membered cyclic amide) rings is 1. The normalized spacial score (nSPS) is 19.1. The molecule has 1 fully saturated rings. The van der Waals surface area contributed by atoms with Crippen LogP contribution < -0.4 is 16.6 Å². The number of amides is 2. The van der Waals surface area contributed by atoms with E-state index in [9.17, 15) is 24.3 Å². The number of carboxylic acids is 1. The number of nitrogens with two attached hydrogens (primary N) is 1. The number of aliphatic carboxylic acids is 1. The van der Waals surface area contributed by atoms with Crippen molar-refractivity contribution in [2.45, 2.75) is 21.3 Å². The number of aromatic nitrogens is 3. The Morgan fingerprint density at radius 1 is 1.24 bits per heavy atom. The number of thioether (sulfide) groups is 3. The number of fused-ring (bicyclic) bond motifs is 1. The van der Waals surface area contributed by atoms with Gasteiger partial charge < -0.3 is 16.2 Å². The van der Waals surface area contributed by atoms with Gasteiger partial charge in [-0.15, -0.1) is 35.3 Å². The van der Waals surface area contributed by atoms with Crippen molar-refractivity contribution < 1.29 is 19.5 Å². The summed E-state index contributed by atoms with van der Waals surface area (Å²) < 4.78 is 0. The van der Waals surface area contributed by atoms with E-state index >= 15 is 0 Å². The Balaban J connectivity index is 1.36. The Bertz CT molecular complexity index is 1360. The van der Waals surface area contributed by atoms with Crippen LogP contribution in [0.4, 0.5) is 5.95 Å². The first-order valence-corrected chi connectivity index (χ1v) is 14.2. The fourth-order valence-corrected chi connectivity index (χ4v) is 6.91. The number of H-pyrrole nitrogens is 1. The molecule has 1 saturated heterocycles. The van der Waals surface area contributed by atoms with E-state index < -0.39 is 23.3 Å². The Morgan fingerprint density at radius 2 is 1.97 bits per heavy atom. The van der Waals surface area contributed by atoms with Gasteiger partial charge in [0.05, 0.1) is 5.75 Å². The summed E-state index contributed by atoms with van der Waals surface area (Å²) in [4.78, 5) is 60.8. The number of nitrogens with zero attached hydrogens (tertiary/aromatic N) is 3. The van der Waals surface area contributed by atoms with Crippen molar-refractivity contribution in [3.05, 3.63) is 62.3 Å². The monoisotopic (exact) mass is 600 g/mol. The molecule has 194 valence electrons. The number of anilines is 1. The third kappa shape index (κ3) is 6.62. The highest BCUT2D eigenvalue weighted by molar-refractivity contribution is 8.00. The smallest absolute Gasteiger partial charge is 0.352 e. The third-order valence-electron chi connectivity index (χ3n) is 5.01. The number of rotatable bonds is 9. The number of nitrogen functional groups attached to an aromatic ring is 1. The van der Waals surface area contributed by atoms with Gasteiger partial charge in [-0.3, -0.25) is 24.3 Å². The first-order valence-electron chi connectivity index (χ1n) is 10.4. The molecule has 0 aromatic carbocycles. The molecular weight excluding hydrogens is 583 g/mol. The Morgan fingerprint density at radius 3 is 2.65 bits per heavy atom. The number of carbonyl (C=O) groups excluding carboxylic acids is 2. The van der Waals surface area contributed by atoms with Gasteiger partial charge in [-0.25, -0.2) is 14.8 Å². The molecule has 0 unspecified atom stereocenters. The molecule has 4 rings (SSSR count). The summed E-state index contributed by atoms with van der Waals surface area (Å²) in [5.41, 5.74) is 5.51. The molecule has 4 heterocycles. The number of hydrogen-bond acceptors (Lipinski definition) is 10. The third-order valence-corrected chi connectivity index (χ3v) is 8.54. The van der Waals surface area contributed by atoms with E-state index in [4.69, 9.17) is 28.9 Å². The van der Waals surface area contributed by atoms with Crippen LogP contribution in [0, 0.1) is 0 Å². The second-order valence-corrected chi connectivity index (χ2v) is 11.5. The van der Waals surface area contributed by atoms with E-state index in [0.29, 0.717) is 27.0 Å². The molecule has 5 N–H and O–H groups in total. The fourth-order valence-electron chi connectivity index (χ4n) is 3.51. The summed E-state index contributed by atoms with van der Waals surface area (Å²) in [6, 6.07) is 3.62. The van der Waals surface area contributed by atoms with Crippen LogP contribution in [0.2, 0.25) is 10.3 Å². The van der Waals surface area contributed by atoms with Crippen molar-refractivity contribution in [1.29, 1.82) is 0 Å². The SMILES string of the molecule is Nc1nc(SCC=CC2=C(C(=O)O)N3C(=O)[C@@H](NC(=O)CSc4cc(Cl)nc(Cl)c4)[C@H]3SC2)cc(=O)[nH]1. The Hall–Kier alpha value is -2.65. The number of aromatic amines is 1. The zero-order valence-corrected chi connectivity index (χ0v) is 22.6. The van der Waals surface area contributed by atoms with Gasteiger partial charge in [0.25, 0.3) is 11.5 Å². The van der Waals surface area contributed by atoms with E-state index in [1.54, 1.807) is 24.3 Å². The first-order chi connectivity index (χ1) is 17.6. The van der Waals surface area contributed by atoms with Crippen molar-refractivity contribution in [3.8, 4) is 0 Å². The molecule has 16 heteroatoms. The first kappa shape index (κ1) is 27.4. The average Bonchev–Trinajstić information content (AvgIpc) is 2.82. The van der Waals surface area contributed by atoms with Gasteiger partial charge in [-0.2, -0.15) is 0 Å². The number of hydrogen-bond donors (Lipinski definition) is 4. The molecule has 0 saturated carbocycles. The van der Waals surface area contributed by atoms with Crippen molar-refractivity contribution in [2.24, 2.45) is 0 Å². The maximum Gasteiger partial charge on any atom is 0.352 e. The topological polar surface area (TPSA) is 171 Å². The molecule has 2 aromatic heterocycles. The minimum absolute atomic E-state index is 0.00673. The molecule has 11 nitrogen and oxygen atoms in total. The number of carboxylic acid groups (broad SMARTS) is 1. The van der Waals surface area contributed by atoms with Crippen LogP contribution in [0.25, 0.3) is 0 Å². The summed E-state index contributed by atoms with van der Waals surface area (Å²) in [6.45, 7) is 0. The predicted octanol–water partition coefficient (Wildman–Crippen LogP) is 2.23. The van der Waals surface area contributed by atoms with Crippen LogP contribution in [0.5, 0.6) is 0 Å². The molecule has 0 radical (unpaired) electrons. The second-order valence-electron chi connectivity index (χ2n) is 7.55. The zero-order chi connectivity index (χ0) is 26.7. The predicted molar refractivity (Wildman–Crippen MR) is 144 cm³/mol. The number of halogens is 2. The van der Waals surface area contributed by atoms with Crippen molar-refractivity contribution >= 4 is 82.2 Å². The molecule has 0 aliphatic carbocycles. The quantitative estimate of drug-likeness (QED) is 0.144. The largest absolute Gasteiger partial charge is 0.477 e. The molecule has 0 spiro atoms. The van der Waals surface area contributed by atoms with Crippen molar-refractivity contribution in [3.63, 3.8) is 0 Å². The minimum atomic E-state index is -1.23. The lowest BCUT2D eigenvalue weighted by atomic mass is 10.0. The number of carbonyl (C=O) groups is 3. The van der Waals surface area contributed by atoms with E-state index in [1.807, 2.05) is 0 Å².